The molecule has 15 heavy (non-hydrogen) atoms. The Hall–Kier alpha value is -0.0800. The summed E-state index contributed by atoms with van der Waals surface area (Å²) in [5.41, 5.74) is 0. The van der Waals surface area contributed by atoms with Crippen molar-refractivity contribution in [3.05, 3.63) is 0 Å². The standard InChI is InChI=1S/C13H27NO/c1-10(2)13(9-15)14-6-4-5-12-7-11(3)8-12/h10-15H,4-9H2,1-3H3. The first kappa shape index (κ1) is 13.0. The van der Waals surface area contributed by atoms with Gasteiger partial charge in [-0.15, -0.1) is 0 Å². The summed E-state index contributed by atoms with van der Waals surface area (Å²) >= 11 is 0. The molecule has 1 unspecified atom stereocenters. The van der Waals surface area contributed by atoms with Crippen LogP contribution in [0.2, 0.25) is 0 Å². The van der Waals surface area contributed by atoms with E-state index in [1.54, 1.807) is 0 Å². The molecule has 2 N–H and O–H groups in total. The lowest BCUT2D eigenvalue weighted by Crippen LogP contribution is -2.37. The molecule has 90 valence electrons. The van der Waals surface area contributed by atoms with Crippen LogP contribution in [0.4, 0.5) is 0 Å². The second-order valence-corrected chi connectivity index (χ2v) is 5.57. The number of hydrogen-bond acceptors (Lipinski definition) is 2. The van der Waals surface area contributed by atoms with Gasteiger partial charge in [-0.3, -0.25) is 0 Å². The number of aliphatic hydroxyl groups is 1. The Bertz CT molecular complexity index is 164. The molecule has 2 heteroatoms. The molecule has 1 fully saturated rings. The van der Waals surface area contributed by atoms with Gasteiger partial charge in [0, 0.05) is 6.04 Å². The van der Waals surface area contributed by atoms with E-state index in [0.29, 0.717) is 5.92 Å². The van der Waals surface area contributed by atoms with Crippen molar-refractivity contribution in [2.75, 3.05) is 13.2 Å². The van der Waals surface area contributed by atoms with Gasteiger partial charge in [-0.2, -0.15) is 0 Å². The highest BCUT2D eigenvalue weighted by Crippen LogP contribution is 2.35. The highest BCUT2D eigenvalue weighted by molar-refractivity contribution is 4.76. The molecule has 0 aromatic carbocycles. The Balaban J connectivity index is 1.96. The van der Waals surface area contributed by atoms with Crippen molar-refractivity contribution in [2.24, 2.45) is 17.8 Å². The van der Waals surface area contributed by atoms with Gasteiger partial charge in [0.2, 0.25) is 0 Å². The highest BCUT2D eigenvalue weighted by atomic mass is 16.3. The van der Waals surface area contributed by atoms with Crippen molar-refractivity contribution in [1.29, 1.82) is 0 Å². The van der Waals surface area contributed by atoms with E-state index in [9.17, 15) is 0 Å². The van der Waals surface area contributed by atoms with Gasteiger partial charge in [0.05, 0.1) is 6.61 Å². The van der Waals surface area contributed by atoms with E-state index in [1.165, 1.54) is 25.7 Å². The smallest absolute Gasteiger partial charge is 0.0587 e. The third kappa shape index (κ3) is 4.52. The van der Waals surface area contributed by atoms with Crippen LogP contribution in [0, 0.1) is 17.8 Å². The molecule has 0 aliphatic heterocycles. The van der Waals surface area contributed by atoms with Crippen LogP contribution in [0.5, 0.6) is 0 Å². The Morgan fingerprint density at radius 1 is 1.33 bits per heavy atom. The minimum Gasteiger partial charge on any atom is -0.395 e. The molecule has 1 aliphatic carbocycles. The molecule has 2 nitrogen and oxygen atoms in total. The van der Waals surface area contributed by atoms with Crippen LogP contribution in [-0.4, -0.2) is 24.3 Å². The molecule has 0 radical (unpaired) electrons. The number of nitrogens with one attached hydrogen (secondary N) is 1. The minimum atomic E-state index is 0.262. The van der Waals surface area contributed by atoms with Crippen LogP contribution in [-0.2, 0) is 0 Å². The van der Waals surface area contributed by atoms with Crippen molar-refractivity contribution in [1.82, 2.24) is 5.32 Å². The maximum atomic E-state index is 9.13. The SMILES string of the molecule is CC1CC(CCCNC(CO)C(C)C)C1. The third-order valence-corrected chi connectivity index (χ3v) is 3.67. The predicted molar refractivity (Wildman–Crippen MR) is 64.8 cm³/mol. The number of rotatable bonds is 7. The second kappa shape index (κ2) is 6.49. The summed E-state index contributed by atoms with van der Waals surface area (Å²) < 4.78 is 0. The Morgan fingerprint density at radius 3 is 2.47 bits per heavy atom. The van der Waals surface area contributed by atoms with Crippen LogP contribution in [0.3, 0.4) is 0 Å². The fourth-order valence-electron chi connectivity index (χ4n) is 2.49. The molecule has 1 atom stereocenters. The van der Waals surface area contributed by atoms with Crippen LogP contribution in [0.1, 0.15) is 46.5 Å². The fourth-order valence-corrected chi connectivity index (χ4v) is 2.49. The normalized spacial score (nSPS) is 27.8. The van der Waals surface area contributed by atoms with E-state index < -0.39 is 0 Å². The summed E-state index contributed by atoms with van der Waals surface area (Å²) in [6.07, 6.45) is 5.51. The maximum absolute atomic E-state index is 9.13. The van der Waals surface area contributed by atoms with Crippen molar-refractivity contribution < 1.29 is 5.11 Å². The Kier molecular flexibility index (Phi) is 5.62. The molecule has 0 heterocycles. The summed E-state index contributed by atoms with van der Waals surface area (Å²) in [7, 11) is 0. The molecule has 0 aromatic heterocycles. The van der Waals surface area contributed by atoms with Gasteiger partial charge in [-0.1, -0.05) is 20.8 Å². The lowest BCUT2D eigenvalue weighted by Gasteiger charge is -2.32. The molecule has 1 saturated carbocycles. The summed E-state index contributed by atoms with van der Waals surface area (Å²) in [6, 6.07) is 0.283. The molecular formula is C13H27NO. The van der Waals surface area contributed by atoms with Gasteiger partial charge in [0.1, 0.15) is 0 Å². The summed E-state index contributed by atoms with van der Waals surface area (Å²) in [6.45, 7) is 7.98. The van der Waals surface area contributed by atoms with Crippen molar-refractivity contribution >= 4 is 0 Å². The summed E-state index contributed by atoms with van der Waals surface area (Å²) in [5, 5.41) is 12.6. The van der Waals surface area contributed by atoms with Crippen molar-refractivity contribution in [2.45, 2.75) is 52.5 Å². The summed E-state index contributed by atoms with van der Waals surface area (Å²) in [4.78, 5) is 0. The molecule has 0 amide bonds. The zero-order chi connectivity index (χ0) is 11.3. The Labute approximate surface area is 94.5 Å². The zero-order valence-electron chi connectivity index (χ0n) is 10.5. The zero-order valence-corrected chi connectivity index (χ0v) is 10.5. The lowest BCUT2D eigenvalue weighted by molar-refractivity contribution is 0.187. The van der Waals surface area contributed by atoms with Gasteiger partial charge >= 0.3 is 0 Å². The van der Waals surface area contributed by atoms with E-state index >= 15 is 0 Å². The van der Waals surface area contributed by atoms with Crippen molar-refractivity contribution in [3.8, 4) is 0 Å². The first-order valence-corrected chi connectivity index (χ1v) is 6.47. The van der Waals surface area contributed by atoms with Crippen molar-refractivity contribution in [3.63, 3.8) is 0 Å². The number of hydrogen-bond donors (Lipinski definition) is 2. The minimum absolute atomic E-state index is 0.262. The first-order chi connectivity index (χ1) is 7.13. The molecule has 0 aromatic rings. The molecule has 0 spiro atoms. The van der Waals surface area contributed by atoms with E-state index in [4.69, 9.17) is 5.11 Å². The third-order valence-electron chi connectivity index (χ3n) is 3.67. The largest absolute Gasteiger partial charge is 0.395 e. The highest BCUT2D eigenvalue weighted by Gasteiger charge is 2.24. The topological polar surface area (TPSA) is 32.3 Å². The van der Waals surface area contributed by atoms with Crippen LogP contribution >= 0.6 is 0 Å². The average Bonchev–Trinajstić information content (AvgIpc) is 2.14. The van der Waals surface area contributed by atoms with E-state index in [1.807, 2.05) is 0 Å². The summed E-state index contributed by atoms with van der Waals surface area (Å²) in [5.74, 6) is 2.50. The van der Waals surface area contributed by atoms with E-state index in [-0.39, 0.29) is 12.6 Å². The predicted octanol–water partition coefficient (Wildman–Crippen LogP) is 2.42. The Morgan fingerprint density at radius 2 is 2.00 bits per heavy atom. The fraction of sp³-hybridized carbons (Fsp3) is 1.00. The van der Waals surface area contributed by atoms with Gasteiger partial charge < -0.3 is 10.4 Å². The average molecular weight is 213 g/mol. The quantitative estimate of drug-likeness (QED) is 0.637. The monoisotopic (exact) mass is 213 g/mol. The lowest BCUT2D eigenvalue weighted by atomic mass is 9.74. The van der Waals surface area contributed by atoms with Crippen LogP contribution in [0.25, 0.3) is 0 Å². The van der Waals surface area contributed by atoms with Crippen LogP contribution < -0.4 is 5.32 Å². The molecule has 0 saturated heterocycles. The second-order valence-electron chi connectivity index (χ2n) is 5.57. The van der Waals surface area contributed by atoms with Gasteiger partial charge in [-0.25, -0.2) is 0 Å². The number of aliphatic hydroxyl groups excluding tert-OH is 1. The van der Waals surface area contributed by atoms with Gasteiger partial charge in [-0.05, 0) is 50.0 Å². The van der Waals surface area contributed by atoms with Gasteiger partial charge in [0.25, 0.3) is 0 Å². The first-order valence-electron chi connectivity index (χ1n) is 6.47. The maximum Gasteiger partial charge on any atom is 0.0587 e. The van der Waals surface area contributed by atoms with Gasteiger partial charge in [0.15, 0.2) is 0 Å². The molecule has 0 bridgehead atoms. The van der Waals surface area contributed by atoms with Crippen LogP contribution in [0.15, 0.2) is 0 Å². The molecular weight excluding hydrogens is 186 g/mol. The van der Waals surface area contributed by atoms with E-state index in [2.05, 4.69) is 26.1 Å². The molecule has 1 rings (SSSR count). The van der Waals surface area contributed by atoms with E-state index in [0.717, 1.165) is 18.4 Å². The molecule has 1 aliphatic rings.